The van der Waals surface area contributed by atoms with Crippen LogP contribution in [0.15, 0.2) is 0 Å². The van der Waals surface area contributed by atoms with E-state index in [1.807, 2.05) is 0 Å². The van der Waals surface area contributed by atoms with E-state index < -0.39 is 0 Å². The molecule has 3 fully saturated rings. The molecule has 3 rings (SSSR count). The lowest BCUT2D eigenvalue weighted by Crippen LogP contribution is -2.53. The summed E-state index contributed by atoms with van der Waals surface area (Å²) in [4.78, 5) is 0. The van der Waals surface area contributed by atoms with Crippen LogP contribution in [0.4, 0.5) is 0 Å². The van der Waals surface area contributed by atoms with Gasteiger partial charge in [0.1, 0.15) is 0 Å². The predicted molar refractivity (Wildman–Crippen MR) is 74.4 cm³/mol. The Morgan fingerprint density at radius 1 is 1.22 bits per heavy atom. The highest BCUT2D eigenvalue weighted by molar-refractivity contribution is 4.96. The van der Waals surface area contributed by atoms with E-state index in [0.29, 0.717) is 6.61 Å². The molecule has 104 valence electrons. The molecule has 3 aliphatic carbocycles. The molecule has 3 saturated carbocycles. The summed E-state index contributed by atoms with van der Waals surface area (Å²) >= 11 is 0. The predicted octanol–water partition coefficient (Wildman–Crippen LogP) is 2.95. The van der Waals surface area contributed by atoms with Crippen molar-refractivity contribution in [3.63, 3.8) is 0 Å². The van der Waals surface area contributed by atoms with E-state index in [4.69, 9.17) is 0 Å². The van der Waals surface area contributed by atoms with Crippen LogP contribution < -0.4 is 5.32 Å². The zero-order valence-corrected chi connectivity index (χ0v) is 11.8. The molecule has 5 unspecified atom stereocenters. The molecule has 2 nitrogen and oxygen atoms in total. The quantitative estimate of drug-likeness (QED) is 0.805. The molecule has 0 spiro atoms. The normalized spacial score (nSPS) is 47.7. The Morgan fingerprint density at radius 3 is 2.72 bits per heavy atom. The van der Waals surface area contributed by atoms with Crippen molar-refractivity contribution >= 4 is 0 Å². The Balaban J connectivity index is 1.54. The molecule has 0 aromatic heterocycles. The Kier molecular flexibility index (Phi) is 3.68. The molecular weight excluding hydrogens is 222 g/mol. The molecule has 0 aromatic carbocycles. The maximum absolute atomic E-state index is 9.80. The van der Waals surface area contributed by atoms with E-state index in [0.717, 1.165) is 30.2 Å². The molecule has 0 radical (unpaired) electrons. The summed E-state index contributed by atoms with van der Waals surface area (Å²) in [7, 11) is 0. The summed E-state index contributed by atoms with van der Waals surface area (Å²) in [5.41, 5.74) is 0.0551. The zero-order chi connectivity index (χ0) is 12.6. The van der Waals surface area contributed by atoms with Crippen molar-refractivity contribution < 1.29 is 5.11 Å². The van der Waals surface area contributed by atoms with Gasteiger partial charge < -0.3 is 10.4 Å². The summed E-state index contributed by atoms with van der Waals surface area (Å²) in [6, 6.07) is 0. The second-order valence-electron chi connectivity index (χ2n) is 7.46. The highest BCUT2D eigenvalue weighted by Crippen LogP contribution is 2.48. The third-order valence-electron chi connectivity index (χ3n) is 6.02. The van der Waals surface area contributed by atoms with E-state index in [2.05, 4.69) is 12.2 Å². The van der Waals surface area contributed by atoms with Gasteiger partial charge in [-0.3, -0.25) is 0 Å². The largest absolute Gasteiger partial charge is 0.394 e. The molecule has 2 N–H and O–H groups in total. The van der Waals surface area contributed by atoms with Crippen molar-refractivity contribution in [2.24, 2.45) is 23.7 Å². The molecule has 0 aliphatic heterocycles. The SMILES string of the molecule is CC1CCCC(CO)(NCC2CC3CCC2C3)C1. The lowest BCUT2D eigenvalue weighted by Gasteiger charge is -2.41. The van der Waals surface area contributed by atoms with Gasteiger partial charge in [0, 0.05) is 5.54 Å². The smallest absolute Gasteiger partial charge is 0.0613 e. The molecule has 0 heterocycles. The van der Waals surface area contributed by atoms with E-state index in [1.165, 1.54) is 51.4 Å². The number of fused-ring (bicyclic) bond motifs is 2. The number of aliphatic hydroxyl groups is 1. The fourth-order valence-corrected chi connectivity index (χ4v) is 4.99. The molecule has 0 saturated heterocycles. The third kappa shape index (κ3) is 2.46. The standard InChI is InChI=1S/C16H29NO/c1-12-3-2-6-16(9-12,11-18)17-10-15-8-13-4-5-14(15)7-13/h12-15,17-18H,2-11H2,1H3. The van der Waals surface area contributed by atoms with Gasteiger partial charge >= 0.3 is 0 Å². The van der Waals surface area contributed by atoms with E-state index >= 15 is 0 Å². The molecule has 0 aromatic rings. The highest BCUT2D eigenvalue weighted by atomic mass is 16.3. The first kappa shape index (κ1) is 12.9. The fraction of sp³-hybridized carbons (Fsp3) is 1.00. The molecule has 2 heteroatoms. The van der Waals surface area contributed by atoms with Crippen LogP contribution in [-0.4, -0.2) is 23.8 Å². The number of hydrogen-bond acceptors (Lipinski definition) is 2. The lowest BCUT2D eigenvalue weighted by molar-refractivity contribution is 0.0919. The lowest BCUT2D eigenvalue weighted by atomic mass is 9.76. The Bertz CT molecular complexity index is 293. The van der Waals surface area contributed by atoms with Crippen LogP contribution in [0.2, 0.25) is 0 Å². The second-order valence-corrected chi connectivity index (χ2v) is 7.46. The molecule has 0 amide bonds. The summed E-state index contributed by atoms with van der Waals surface area (Å²) in [6.07, 6.45) is 10.9. The topological polar surface area (TPSA) is 32.3 Å². The highest BCUT2D eigenvalue weighted by Gasteiger charge is 2.41. The van der Waals surface area contributed by atoms with Crippen LogP contribution >= 0.6 is 0 Å². The summed E-state index contributed by atoms with van der Waals surface area (Å²) < 4.78 is 0. The molecule has 2 bridgehead atoms. The average Bonchev–Trinajstić information content (AvgIpc) is 2.98. The fourth-order valence-electron chi connectivity index (χ4n) is 4.99. The van der Waals surface area contributed by atoms with Gasteiger partial charge in [-0.2, -0.15) is 0 Å². The van der Waals surface area contributed by atoms with E-state index in [1.54, 1.807) is 0 Å². The summed E-state index contributed by atoms with van der Waals surface area (Å²) in [5, 5.41) is 13.6. The summed E-state index contributed by atoms with van der Waals surface area (Å²) in [5.74, 6) is 3.72. The number of rotatable bonds is 4. The minimum absolute atomic E-state index is 0.0551. The average molecular weight is 251 g/mol. The Hall–Kier alpha value is -0.0800. The van der Waals surface area contributed by atoms with Gasteiger partial charge in [-0.25, -0.2) is 0 Å². The van der Waals surface area contributed by atoms with Gasteiger partial charge in [-0.05, 0) is 62.3 Å². The van der Waals surface area contributed by atoms with Crippen molar-refractivity contribution in [3.05, 3.63) is 0 Å². The van der Waals surface area contributed by atoms with Crippen molar-refractivity contribution in [2.75, 3.05) is 13.2 Å². The van der Waals surface area contributed by atoms with Gasteiger partial charge in [-0.15, -0.1) is 0 Å². The molecular formula is C16H29NO. The van der Waals surface area contributed by atoms with Crippen molar-refractivity contribution in [1.82, 2.24) is 5.32 Å². The van der Waals surface area contributed by atoms with Gasteiger partial charge in [0.15, 0.2) is 0 Å². The van der Waals surface area contributed by atoms with Crippen LogP contribution in [0.3, 0.4) is 0 Å². The van der Waals surface area contributed by atoms with Crippen LogP contribution in [0.25, 0.3) is 0 Å². The maximum Gasteiger partial charge on any atom is 0.0613 e. The Labute approximate surface area is 112 Å². The van der Waals surface area contributed by atoms with E-state index in [9.17, 15) is 5.11 Å². The van der Waals surface area contributed by atoms with Crippen molar-refractivity contribution in [2.45, 2.75) is 63.8 Å². The van der Waals surface area contributed by atoms with Crippen LogP contribution in [0, 0.1) is 23.7 Å². The molecule has 18 heavy (non-hydrogen) atoms. The Morgan fingerprint density at radius 2 is 2.11 bits per heavy atom. The monoisotopic (exact) mass is 251 g/mol. The van der Waals surface area contributed by atoms with Gasteiger partial charge in [0.05, 0.1) is 6.61 Å². The maximum atomic E-state index is 9.80. The summed E-state index contributed by atoms with van der Waals surface area (Å²) in [6.45, 7) is 3.83. The van der Waals surface area contributed by atoms with E-state index in [-0.39, 0.29) is 5.54 Å². The number of hydrogen-bond donors (Lipinski definition) is 2. The first-order valence-electron chi connectivity index (χ1n) is 8.07. The first-order chi connectivity index (χ1) is 8.71. The first-order valence-corrected chi connectivity index (χ1v) is 8.07. The van der Waals surface area contributed by atoms with Gasteiger partial charge in [-0.1, -0.05) is 26.2 Å². The number of nitrogens with one attached hydrogen (secondary N) is 1. The minimum atomic E-state index is 0.0551. The minimum Gasteiger partial charge on any atom is -0.394 e. The van der Waals surface area contributed by atoms with Crippen molar-refractivity contribution in [3.8, 4) is 0 Å². The third-order valence-corrected chi connectivity index (χ3v) is 6.02. The van der Waals surface area contributed by atoms with Crippen LogP contribution in [0.5, 0.6) is 0 Å². The van der Waals surface area contributed by atoms with Crippen molar-refractivity contribution in [1.29, 1.82) is 0 Å². The number of aliphatic hydroxyl groups excluding tert-OH is 1. The van der Waals surface area contributed by atoms with Gasteiger partial charge in [0.2, 0.25) is 0 Å². The zero-order valence-electron chi connectivity index (χ0n) is 11.8. The van der Waals surface area contributed by atoms with Crippen LogP contribution in [0.1, 0.15) is 58.3 Å². The molecule has 5 atom stereocenters. The molecule has 3 aliphatic rings. The second kappa shape index (κ2) is 5.13. The van der Waals surface area contributed by atoms with Gasteiger partial charge in [0.25, 0.3) is 0 Å². The van der Waals surface area contributed by atoms with Crippen LogP contribution in [-0.2, 0) is 0 Å².